The standard InChI is InChI=1S/C12H18BrN3O/c1-8(7-17-3)16(2)11-5-4-9(13)6-10(11)12(14)15/h4-6,8H,7H2,1-3H3,(H3,14,15). The summed E-state index contributed by atoms with van der Waals surface area (Å²) in [4.78, 5) is 2.06. The van der Waals surface area contributed by atoms with Crippen LogP contribution in [-0.4, -0.2) is 32.6 Å². The van der Waals surface area contributed by atoms with Gasteiger partial charge in [-0.2, -0.15) is 0 Å². The number of amidine groups is 1. The van der Waals surface area contributed by atoms with Crippen LogP contribution in [0.4, 0.5) is 5.69 Å². The van der Waals surface area contributed by atoms with Gasteiger partial charge in [0.05, 0.1) is 6.61 Å². The molecule has 0 bridgehead atoms. The molecule has 0 saturated carbocycles. The van der Waals surface area contributed by atoms with Crippen molar-refractivity contribution in [2.45, 2.75) is 13.0 Å². The summed E-state index contributed by atoms with van der Waals surface area (Å²) >= 11 is 3.39. The number of methoxy groups -OCH3 is 1. The lowest BCUT2D eigenvalue weighted by atomic mass is 10.1. The lowest BCUT2D eigenvalue weighted by molar-refractivity contribution is 0.183. The summed E-state index contributed by atoms with van der Waals surface area (Å²) in [5.41, 5.74) is 7.26. The fraction of sp³-hybridized carbons (Fsp3) is 0.417. The molecule has 0 amide bonds. The molecule has 1 aromatic carbocycles. The number of hydrogen-bond acceptors (Lipinski definition) is 3. The number of anilines is 1. The van der Waals surface area contributed by atoms with Gasteiger partial charge in [-0.05, 0) is 25.1 Å². The van der Waals surface area contributed by atoms with Crippen molar-refractivity contribution < 1.29 is 4.74 Å². The smallest absolute Gasteiger partial charge is 0.124 e. The Labute approximate surface area is 110 Å². The molecule has 1 atom stereocenters. The fourth-order valence-electron chi connectivity index (χ4n) is 1.62. The van der Waals surface area contributed by atoms with Crippen molar-refractivity contribution >= 4 is 27.5 Å². The van der Waals surface area contributed by atoms with Crippen molar-refractivity contribution in [2.75, 3.05) is 25.7 Å². The van der Waals surface area contributed by atoms with Gasteiger partial charge in [0, 0.05) is 35.9 Å². The van der Waals surface area contributed by atoms with Crippen LogP contribution in [0.2, 0.25) is 0 Å². The molecule has 4 nitrogen and oxygen atoms in total. The maximum Gasteiger partial charge on any atom is 0.124 e. The second-order valence-corrected chi connectivity index (χ2v) is 4.91. The molecule has 0 aliphatic heterocycles. The lowest BCUT2D eigenvalue weighted by Crippen LogP contribution is -2.34. The molecule has 1 rings (SSSR count). The monoisotopic (exact) mass is 299 g/mol. The molecule has 17 heavy (non-hydrogen) atoms. The van der Waals surface area contributed by atoms with E-state index in [1.165, 1.54) is 0 Å². The molecule has 0 aliphatic carbocycles. The summed E-state index contributed by atoms with van der Waals surface area (Å²) in [6, 6.07) is 5.97. The summed E-state index contributed by atoms with van der Waals surface area (Å²) in [5.74, 6) is 0.0674. The van der Waals surface area contributed by atoms with Gasteiger partial charge >= 0.3 is 0 Å². The van der Waals surface area contributed by atoms with E-state index >= 15 is 0 Å². The molecule has 94 valence electrons. The van der Waals surface area contributed by atoms with Crippen LogP contribution in [-0.2, 0) is 4.74 Å². The Bertz CT molecular complexity index is 409. The van der Waals surface area contributed by atoms with Gasteiger partial charge in [0.2, 0.25) is 0 Å². The Morgan fingerprint density at radius 1 is 1.59 bits per heavy atom. The van der Waals surface area contributed by atoms with Crippen molar-refractivity contribution in [1.82, 2.24) is 0 Å². The Balaban J connectivity index is 3.08. The highest BCUT2D eigenvalue weighted by atomic mass is 79.9. The predicted molar refractivity (Wildman–Crippen MR) is 74.9 cm³/mol. The van der Waals surface area contributed by atoms with E-state index in [4.69, 9.17) is 15.9 Å². The number of benzene rings is 1. The quantitative estimate of drug-likeness (QED) is 0.647. The lowest BCUT2D eigenvalue weighted by Gasteiger charge is -2.28. The van der Waals surface area contributed by atoms with Crippen LogP contribution in [0.3, 0.4) is 0 Å². The predicted octanol–water partition coefficient (Wildman–Crippen LogP) is 2.20. The molecule has 0 fully saturated rings. The second-order valence-electron chi connectivity index (χ2n) is 3.99. The van der Waals surface area contributed by atoms with Crippen LogP contribution >= 0.6 is 15.9 Å². The van der Waals surface area contributed by atoms with Crippen molar-refractivity contribution in [3.05, 3.63) is 28.2 Å². The van der Waals surface area contributed by atoms with Crippen LogP contribution in [0.25, 0.3) is 0 Å². The van der Waals surface area contributed by atoms with E-state index in [0.717, 1.165) is 15.7 Å². The number of nitrogen functional groups attached to an aromatic ring is 1. The number of likely N-dealkylation sites (N-methyl/N-ethyl adjacent to an activating group) is 1. The molecular weight excluding hydrogens is 282 g/mol. The highest BCUT2D eigenvalue weighted by Gasteiger charge is 2.15. The molecule has 5 heteroatoms. The Kier molecular flexibility index (Phi) is 4.96. The van der Waals surface area contributed by atoms with Gasteiger partial charge in [-0.1, -0.05) is 15.9 Å². The number of halogens is 1. The van der Waals surface area contributed by atoms with E-state index in [2.05, 4.69) is 27.8 Å². The van der Waals surface area contributed by atoms with Gasteiger partial charge in [0.25, 0.3) is 0 Å². The first-order valence-electron chi connectivity index (χ1n) is 5.33. The van der Waals surface area contributed by atoms with Gasteiger partial charge in [0.15, 0.2) is 0 Å². The molecule has 0 radical (unpaired) electrons. The van der Waals surface area contributed by atoms with Crippen molar-refractivity contribution in [3.63, 3.8) is 0 Å². The molecule has 0 saturated heterocycles. The zero-order valence-electron chi connectivity index (χ0n) is 10.3. The maximum absolute atomic E-state index is 7.61. The Morgan fingerprint density at radius 2 is 2.24 bits per heavy atom. The second kappa shape index (κ2) is 6.02. The van der Waals surface area contributed by atoms with E-state index < -0.39 is 0 Å². The molecular formula is C12H18BrN3O. The third kappa shape index (κ3) is 3.44. The average molecular weight is 300 g/mol. The van der Waals surface area contributed by atoms with E-state index in [1.807, 2.05) is 25.2 Å². The van der Waals surface area contributed by atoms with Crippen LogP contribution in [0.1, 0.15) is 12.5 Å². The van der Waals surface area contributed by atoms with Gasteiger partial charge in [-0.15, -0.1) is 0 Å². The minimum Gasteiger partial charge on any atom is -0.384 e. The van der Waals surface area contributed by atoms with Crippen molar-refractivity contribution in [2.24, 2.45) is 5.73 Å². The fourth-order valence-corrected chi connectivity index (χ4v) is 1.98. The minimum absolute atomic E-state index is 0.0674. The zero-order valence-corrected chi connectivity index (χ0v) is 11.9. The summed E-state index contributed by atoms with van der Waals surface area (Å²) in [7, 11) is 3.65. The van der Waals surface area contributed by atoms with E-state index in [9.17, 15) is 0 Å². The largest absolute Gasteiger partial charge is 0.384 e. The van der Waals surface area contributed by atoms with Gasteiger partial charge in [0.1, 0.15) is 5.84 Å². The highest BCUT2D eigenvalue weighted by molar-refractivity contribution is 9.10. The molecule has 1 unspecified atom stereocenters. The molecule has 1 aromatic rings. The van der Waals surface area contributed by atoms with Crippen LogP contribution in [0, 0.1) is 5.41 Å². The first-order chi connectivity index (χ1) is 7.97. The highest BCUT2D eigenvalue weighted by Crippen LogP contribution is 2.24. The Morgan fingerprint density at radius 3 is 2.76 bits per heavy atom. The third-order valence-electron chi connectivity index (χ3n) is 2.70. The van der Waals surface area contributed by atoms with Crippen molar-refractivity contribution in [3.8, 4) is 0 Å². The van der Waals surface area contributed by atoms with Gasteiger partial charge < -0.3 is 15.4 Å². The van der Waals surface area contributed by atoms with Crippen LogP contribution in [0.15, 0.2) is 22.7 Å². The van der Waals surface area contributed by atoms with Gasteiger partial charge in [-0.25, -0.2) is 0 Å². The summed E-state index contributed by atoms with van der Waals surface area (Å²) in [6.07, 6.45) is 0. The summed E-state index contributed by atoms with van der Waals surface area (Å²) in [5, 5.41) is 7.61. The van der Waals surface area contributed by atoms with E-state index in [0.29, 0.717) is 6.61 Å². The number of rotatable bonds is 5. The third-order valence-corrected chi connectivity index (χ3v) is 3.19. The SMILES string of the molecule is COCC(C)N(C)c1ccc(Br)cc1C(=N)N. The molecule has 0 aliphatic rings. The Hall–Kier alpha value is -1.07. The molecule has 0 heterocycles. The number of nitrogens with zero attached hydrogens (tertiary/aromatic N) is 1. The molecule has 0 aromatic heterocycles. The first-order valence-corrected chi connectivity index (χ1v) is 6.12. The van der Waals surface area contributed by atoms with E-state index in [1.54, 1.807) is 7.11 Å². The average Bonchev–Trinajstić information content (AvgIpc) is 2.28. The summed E-state index contributed by atoms with van der Waals surface area (Å²) in [6.45, 7) is 2.69. The topological polar surface area (TPSA) is 62.3 Å². The normalized spacial score (nSPS) is 12.2. The van der Waals surface area contributed by atoms with Gasteiger partial charge in [-0.3, -0.25) is 5.41 Å². The maximum atomic E-state index is 7.61. The van der Waals surface area contributed by atoms with E-state index in [-0.39, 0.29) is 11.9 Å². The minimum atomic E-state index is 0.0674. The van der Waals surface area contributed by atoms with Crippen molar-refractivity contribution in [1.29, 1.82) is 5.41 Å². The van der Waals surface area contributed by atoms with Crippen LogP contribution < -0.4 is 10.6 Å². The zero-order chi connectivity index (χ0) is 13.0. The molecule has 0 spiro atoms. The number of hydrogen-bond donors (Lipinski definition) is 2. The first kappa shape index (κ1) is 14.0. The number of nitrogens with two attached hydrogens (primary N) is 1. The molecule has 3 N–H and O–H groups in total. The number of nitrogens with one attached hydrogen (secondary N) is 1. The number of ether oxygens (including phenoxy) is 1. The summed E-state index contributed by atoms with van der Waals surface area (Å²) < 4.78 is 6.05. The van der Waals surface area contributed by atoms with Crippen LogP contribution in [0.5, 0.6) is 0 Å².